The molecule has 2 rings (SSSR count). The lowest BCUT2D eigenvalue weighted by molar-refractivity contribution is 0.556. The molecule has 0 saturated carbocycles. The van der Waals surface area contributed by atoms with Gasteiger partial charge in [0.25, 0.3) is 0 Å². The fourth-order valence-electron chi connectivity index (χ4n) is 2.01. The summed E-state index contributed by atoms with van der Waals surface area (Å²) >= 11 is 1.98. The highest BCUT2D eigenvalue weighted by atomic mass is 32.2. The van der Waals surface area contributed by atoms with Crippen molar-refractivity contribution in [2.24, 2.45) is 0 Å². The van der Waals surface area contributed by atoms with Crippen LogP contribution in [0.25, 0.3) is 0 Å². The van der Waals surface area contributed by atoms with E-state index in [-0.39, 0.29) is 11.6 Å². The first kappa shape index (κ1) is 12.8. The summed E-state index contributed by atoms with van der Waals surface area (Å²) in [5.41, 5.74) is 0.408. The van der Waals surface area contributed by atoms with Crippen LogP contribution in [-0.2, 0) is 6.54 Å². The van der Waals surface area contributed by atoms with E-state index < -0.39 is 0 Å². The maximum absolute atomic E-state index is 13.3. The smallest absolute Gasteiger partial charge is 0.127 e. The zero-order valence-corrected chi connectivity index (χ0v) is 10.5. The summed E-state index contributed by atoms with van der Waals surface area (Å²) in [7, 11) is 0. The van der Waals surface area contributed by atoms with E-state index in [1.165, 1.54) is 37.1 Å². The molecule has 1 nitrogen and oxygen atoms in total. The van der Waals surface area contributed by atoms with Crippen molar-refractivity contribution >= 4 is 11.8 Å². The van der Waals surface area contributed by atoms with Gasteiger partial charge in [0.1, 0.15) is 11.6 Å². The third-order valence-corrected chi connectivity index (χ3v) is 4.37. The summed E-state index contributed by atoms with van der Waals surface area (Å²) in [6.45, 7) is 1.28. The molecule has 0 aromatic heterocycles. The Morgan fingerprint density at radius 3 is 2.94 bits per heavy atom. The predicted octanol–water partition coefficient (Wildman–Crippen LogP) is 3.34. The minimum atomic E-state index is -0.379. The van der Waals surface area contributed by atoms with Gasteiger partial charge < -0.3 is 5.32 Å². The van der Waals surface area contributed by atoms with Crippen molar-refractivity contribution < 1.29 is 8.78 Å². The van der Waals surface area contributed by atoms with Crippen LogP contribution in [0.4, 0.5) is 8.78 Å². The minimum absolute atomic E-state index is 0.338. The Bertz CT molecular complexity index is 364. The van der Waals surface area contributed by atoms with Gasteiger partial charge in [-0.1, -0.05) is 6.42 Å². The van der Waals surface area contributed by atoms with Gasteiger partial charge in [0.2, 0.25) is 0 Å². The molecule has 1 fully saturated rings. The molecule has 17 heavy (non-hydrogen) atoms. The average molecular weight is 257 g/mol. The monoisotopic (exact) mass is 257 g/mol. The second-order valence-corrected chi connectivity index (χ2v) is 5.76. The predicted molar refractivity (Wildman–Crippen MR) is 68.2 cm³/mol. The lowest BCUT2D eigenvalue weighted by Crippen LogP contribution is -2.26. The standard InChI is InChI=1S/C13H17F2NS/c14-11-4-5-13(15)10(7-11)8-16-9-12-3-1-2-6-17-12/h4-5,7,12,16H,1-3,6,8-9H2. The van der Waals surface area contributed by atoms with Crippen LogP contribution in [0.5, 0.6) is 0 Å². The van der Waals surface area contributed by atoms with Crippen LogP contribution in [0, 0.1) is 11.6 Å². The molecule has 1 saturated heterocycles. The summed E-state index contributed by atoms with van der Waals surface area (Å²) in [5, 5.41) is 3.84. The quantitative estimate of drug-likeness (QED) is 0.888. The van der Waals surface area contributed by atoms with Crippen molar-refractivity contribution in [2.75, 3.05) is 12.3 Å². The first-order chi connectivity index (χ1) is 8.25. The van der Waals surface area contributed by atoms with Gasteiger partial charge in [-0.05, 0) is 36.8 Å². The molecule has 1 unspecified atom stereocenters. The molecule has 1 aromatic carbocycles. The number of nitrogens with one attached hydrogen (secondary N) is 1. The highest BCUT2D eigenvalue weighted by molar-refractivity contribution is 7.99. The van der Waals surface area contributed by atoms with Crippen LogP contribution in [0.2, 0.25) is 0 Å². The van der Waals surface area contributed by atoms with E-state index in [1.807, 2.05) is 11.8 Å². The van der Waals surface area contributed by atoms with Gasteiger partial charge in [-0.2, -0.15) is 11.8 Å². The molecule has 94 valence electrons. The van der Waals surface area contributed by atoms with E-state index in [4.69, 9.17) is 0 Å². The van der Waals surface area contributed by atoms with E-state index in [2.05, 4.69) is 5.32 Å². The zero-order chi connectivity index (χ0) is 12.1. The molecule has 1 aliphatic heterocycles. The Labute approximate surface area is 105 Å². The summed E-state index contributed by atoms with van der Waals surface area (Å²) in [6.07, 6.45) is 3.82. The molecule has 1 heterocycles. The molecule has 1 aliphatic rings. The number of hydrogen-bond donors (Lipinski definition) is 1. The molecule has 1 aromatic rings. The van der Waals surface area contributed by atoms with E-state index in [0.717, 1.165) is 12.6 Å². The second kappa shape index (κ2) is 6.36. The molecule has 0 radical (unpaired) electrons. The van der Waals surface area contributed by atoms with Crippen LogP contribution < -0.4 is 5.32 Å². The van der Waals surface area contributed by atoms with Gasteiger partial charge >= 0.3 is 0 Å². The van der Waals surface area contributed by atoms with Crippen LogP contribution in [0.3, 0.4) is 0 Å². The van der Waals surface area contributed by atoms with Gasteiger partial charge in [0.15, 0.2) is 0 Å². The summed E-state index contributed by atoms with van der Waals surface area (Å²) in [4.78, 5) is 0. The largest absolute Gasteiger partial charge is 0.311 e. The number of benzene rings is 1. The van der Waals surface area contributed by atoms with Crippen molar-refractivity contribution in [3.63, 3.8) is 0 Å². The Morgan fingerprint density at radius 1 is 1.29 bits per heavy atom. The molecule has 0 aliphatic carbocycles. The highest BCUT2D eigenvalue weighted by Crippen LogP contribution is 2.24. The molecular weight excluding hydrogens is 240 g/mol. The van der Waals surface area contributed by atoms with Crippen LogP contribution in [0.1, 0.15) is 24.8 Å². The Morgan fingerprint density at radius 2 is 2.18 bits per heavy atom. The van der Waals surface area contributed by atoms with E-state index in [1.54, 1.807) is 0 Å². The first-order valence-corrected chi connectivity index (χ1v) is 7.07. The fraction of sp³-hybridized carbons (Fsp3) is 0.538. The maximum Gasteiger partial charge on any atom is 0.127 e. The van der Waals surface area contributed by atoms with Crippen molar-refractivity contribution in [1.29, 1.82) is 0 Å². The molecular formula is C13H17F2NS. The molecule has 1 atom stereocenters. The summed E-state index contributed by atoms with van der Waals surface area (Å²) in [6, 6.07) is 3.59. The minimum Gasteiger partial charge on any atom is -0.311 e. The lowest BCUT2D eigenvalue weighted by Gasteiger charge is -2.21. The lowest BCUT2D eigenvalue weighted by atomic mass is 10.1. The Kier molecular flexibility index (Phi) is 4.80. The summed E-state index contributed by atoms with van der Waals surface area (Å²) < 4.78 is 26.3. The number of halogens is 2. The fourth-order valence-corrected chi connectivity index (χ4v) is 3.29. The van der Waals surface area contributed by atoms with Crippen molar-refractivity contribution in [3.05, 3.63) is 35.4 Å². The molecule has 1 N–H and O–H groups in total. The van der Waals surface area contributed by atoms with Gasteiger partial charge in [-0.15, -0.1) is 0 Å². The topological polar surface area (TPSA) is 12.0 Å². The first-order valence-electron chi connectivity index (χ1n) is 6.02. The second-order valence-electron chi connectivity index (χ2n) is 4.36. The van der Waals surface area contributed by atoms with E-state index in [9.17, 15) is 8.78 Å². The number of rotatable bonds is 4. The average Bonchev–Trinajstić information content (AvgIpc) is 2.35. The molecule has 0 bridgehead atoms. The van der Waals surface area contributed by atoms with Gasteiger partial charge in [0, 0.05) is 23.9 Å². The summed E-state index contributed by atoms with van der Waals surface area (Å²) in [5.74, 6) is 0.506. The van der Waals surface area contributed by atoms with Crippen molar-refractivity contribution in [3.8, 4) is 0 Å². The van der Waals surface area contributed by atoms with E-state index >= 15 is 0 Å². The third-order valence-electron chi connectivity index (χ3n) is 2.97. The zero-order valence-electron chi connectivity index (χ0n) is 9.72. The normalized spacial score (nSPS) is 20.5. The van der Waals surface area contributed by atoms with Gasteiger partial charge in [-0.25, -0.2) is 8.78 Å². The van der Waals surface area contributed by atoms with Gasteiger partial charge in [-0.3, -0.25) is 0 Å². The van der Waals surface area contributed by atoms with Gasteiger partial charge in [0.05, 0.1) is 0 Å². The maximum atomic E-state index is 13.3. The van der Waals surface area contributed by atoms with Crippen LogP contribution >= 0.6 is 11.8 Å². The Balaban J connectivity index is 1.79. The van der Waals surface area contributed by atoms with Crippen LogP contribution in [0.15, 0.2) is 18.2 Å². The number of thioether (sulfide) groups is 1. The molecule has 0 amide bonds. The van der Waals surface area contributed by atoms with E-state index in [0.29, 0.717) is 17.4 Å². The van der Waals surface area contributed by atoms with Crippen molar-refractivity contribution in [2.45, 2.75) is 31.1 Å². The number of hydrogen-bond acceptors (Lipinski definition) is 2. The van der Waals surface area contributed by atoms with Crippen molar-refractivity contribution in [1.82, 2.24) is 5.32 Å². The third kappa shape index (κ3) is 3.96. The van der Waals surface area contributed by atoms with Crippen LogP contribution in [-0.4, -0.2) is 17.5 Å². The SMILES string of the molecule is Fc1ccc(F)c(CNCC2CCCCS2)c1. The highest BCUT2D eigenvalue weighted by Gasteiger charge is 2.13. The Hall–Kier alpha value is -0.610. The molecule has 0 spiro atoms. The molecule has 4 heteroatoms.